The van der Waals surface area contributed by atoms with Crippen LogP contribution in [0.25, 0.3) is 0 Å². The van der Waals surface area contributed by atoms with Crippen molar-refractivity contribution in [2.45, 2.75) is 26.2 Å². The van der Waals surface area contributed by atoms with Crippen LogP contribution in [-0.2, 0) is 12.8 Å². The molecule has 2 aromatic carbocycles. The summed E-state index contributed by atoms with van der Waals surface area (Å²) in [7, 11) is 0. The highest BCUT2D eigenvalue weighted by atomic mass is 16.1. The molecule has 21 heavy (non-hydrogen) atoms. The third-order valence-corrected chi connectivity index (χ3v) is 4.13. The first-order chi connectivity index (χ1) is 10.3. The average Bonchev–Trinajstić information content (AvgIpc) is 2.92. The quantitative estimate of drug-likeness (QED) is 0.774. The summed E-state index contributed by atoms with van der Waals surface area (Å²) in [6.45, 7) is 3.59. The highest BCUT2D eigenvalue weighted by Crippen LogP contribution is 2.27. The standard InChI is InChI=1S/C19H21NO/c1-2-5-15-8-10-17(11-9-15)19(21)14-20-13-12-16-6-3-4-7-18(16)20/h3-4,6-11H,2,5,12-14H2,1H3. The number of anilines is 1. The van der Waals surface area contributed by atoms with E-state index in [-0.39, 0.29) is 5.78 Å². The van der Waals surface area contributed by atoms with Crippen molar-refractivity contribution >= 4 is 11.5 Å². The number of Topliss-reactive ketones (excluding diaryl/α,β-unsaturated/α-hetero) is 1. The van der Waals surface area contributed by atoms with Gasteiger partial charge in [-0.25, -0.2) is 0 Å². The van der Waals surface area contributed by atoms with Crippen LogP contribution in [0.3, 0.4) is 0 Å². The Kier molecular flexibility index (Phi) is 4.05. The number of ketones is 1. The first kappa shape index (κ1) is 13.9. The lowest BCUT2D eigenvalue weighted by Crippen LogP contribution is -2.27. The zero-order chi connectivity index (χ0) is 14.7. The molecule has 2 aromatic rings. The van der Waals surface area contributed by atoms with Crippen molar-refractivity contribution in [1.29, 1.82) is 0 Å². The predicted octanol–water partition coefficient (Wildman–Crippen LogP) is 3.88. The molecule has 1 aliphatic rings. The second-order valence-electron chi connectivity index (χ2n) is 5.67. The van der Waals surface area contributed by atoms with Crippen LogP contribution < -0.4 is 4.90 Å². The van der Waals surface area contributed by atoms with E-state index < -0.39 is 0 Å². The smallest absolute Gasteiger partial charge is 0.182 e. The Morgan fingerprint density at radius 2 is 1.86 bits per heavy atom. The Balaban J connectivity index is 1.69. The number of hydrogen-bond donors (Lipinski definition) is 0. The summed E-state index contributed by atoms with van der Waals surface area (Å²) in [5.41, 5.74) is 4.69. The highest BCUT2D eigenvalue weighted by Gasteiger charge is 2.20. The first-order valence-electron chi connectivity index (χ1n) is 7.73. The largest absolute Gasteiger partial charge is 0.363 e. The monoisotopic (exact) mass is 279 g/mol. The fourth-order valence-electron chi connectivity index (χ4n) is 2.98. The van der Waals surface area contributed by atoms with E-state index in [0.717, 1.165) is 31.4 Å². The molecule has 0 bridgehead atoms. The van der Waals surface area contributed by atoms with Crippen LogP contribution in [0.5, 0.6) is 0 Å². The number of benzene rings is 2. The van der Waals surface area contributed by atoms with Crippen LogP contribution in [0.15, 0.2) is 48.5 Å². The molecule has 0 aliphatic carbocycles. The lowest BCUT2D eigenvalue weighted by atomic mass is 10.1. The van der Waals surface area contributed by atoms with Crippen molar-refractivity contribution in [3.05, 3.63) is 65.2 Å². The van der Waals surface area contributed by atoms with E-state index in [1.54, 1.807) is 0 Å². The lowest BCUT2D eigenvalue weighted by molar-refractivity contribution is 0.0999. The number of aryl methyl sites for hydroxylation is 1. The Morgan fingerprint density at radius 1 is 1.10 bits per heavy atom. The zero-order valence-corrected chi connectivity index (χ0v) is 12.5. The summed E-state index contributed by atoms with van der Waals surface area (Å²) in [6.07, 6.45) is 3.25. The number of rotatable bonds is 5. The van der Waals surface area contributed by atoms with Gasteiger partial charge in [0.15, 0.2) is 5.78 Å². The van der Waals surface area contributed by atoms with Crippen molar-refractivity contribution in [3.63, 3.8) is 0 Å². The molecule has 0 spiro atoms. The number of carbonyl (C=O) groups is 1. The van der Waals surface area contributed by atoms with Gasteiger partial charge in [-0.05, 0) is 30.0 Å². The third-order valence-electron chi connectivity index (χ3n) is 4.13. The first-order valence-corrected chi connectivity index (χ1v) is 7.73. The summed E-state index contributed by atoms with van der Waals surface area (Å²) >= 11 is 0. The fraction of sp³-hybridized carbons (Fsp3) is 0.316. The van der Waals surface area contributed by atoms with Crippen LogP contribution in [-0.4, -0.2) is 18.9 Å². The fourth-order valence-corrected chi connectivity index (χ4v) is 2.98. The van der Waals surface area contributed by atoms with Crippen LogP contribution in [0.1, 0.15) is 34.8 Å². The maximum Gasteiger partial charge on any atom is 0.182 e. The molecule has 0 atom stereocenters. The van der Waals surface area contributed by atoms with Gasteiger partial charge >= 0.3 is 0 Å². The second kappa shape index (κ2) is 6.13. The van der Waals surface area contributed by atoms with E-state index in [2.05, 4.69) is 42.2 Å². The third kappa shape index (κ3) is 2.99. The number of carbonyl (C=O) groups excluding carboxylic acids is 1. The molecule has 0 aromatic heterocycles. The van der Waals surface area contributed by atoms with E-state index in [0.29, 0.717) is 6.54 Å². The molecule has 1 heterocycles. The van der Waals surface area contributed by atoms with Gasteiger partial charge in [-0.1, -0.05) is 55.8 Å². The summed E-state index contributed by atoms with van der Waals surface area (Å²) < 4.78 is 0. The molecule has 0 radical (unpaired) electrons. The molecular weight excluding hydrogens is 258 g/mol. The molecule has 108 valence electrons. The molecule has 0 saturated heterocycles. The minimum absolute atomic E-state index is 0.203. The van der Waals surface area contributed by atoms with Crippen molar-refractivity contribution in [2.75, 3.05) is 18.0 Å². The van der Waals surface area contributed by atoms with Gasteiger partial charge in [-0.15, -0.1) is 0 Å². The van der Waals surface area contributed by atoms with Crippen LogP contribution >= 0.6 is 0 Å². The van der Waals surface area contributed by atoms with Gasteiger partial charge in [0.1, 0.15) is 0 Å². The van der Waals surface area contributed by atoms with Gasteiger partial charge in [-0.2, -0.15) is 0 Å². The Labute approximate surface area is 126 Å². The number of fused-ring (bicyclic) bond motifs is 1. The normalized spacial score (nSPS) is 13.3. The molecule has 2 heteroatoms. The van der Waals surface area contributed by atoms with Gasteiger partial charge in [0, 0.05) is 17.8 Å². The van der Waals surface area contributed by atoms with Gasteiger partial charge in [0.25, 0.3) is 0 Å². The van der Waals surface area contributed by atoms with Gasteiger partial charge in [0.05, 0.1) is 6.54 Å². The van der Waals surface area contributed by atoms with Crippen molar-refractivity contribution in [1.82, 2.24) is 0 Å². The molecule has 0 N–H and O–H groups in total. The van der Waals surface area contributed by atoms with Crippen LogP contribution in [0.4, 0.5) is 5.69 Å². The van der Waals surface area contributed by atoms with Crippen LogP contribution in [0, 0.1) is 0 Å². The molecule has 3 rings (SSSR count). The molecule has 2 nitrogen and oxygen atoms in total. The summed E-state index contributed by atoms with van der Waals surface area (Å²) in [5.74, 6) is 0.203. The van der Waals surface area contributed by atoms with E-state index >= 15 is 0 Å². The minimum Gasteiger partial charge on any atom is -0.363 e. The zero-order valence-electron chi connectivity index (χ0n) is 12.5. The maximum absolute atomic E-state index is 12.4. The van der Waals surface area contributed by atoms with E-state index in [9.17, 15) is 4.79 Å². The van der Waals surface area contributed by atoms with E-state index in [1.165, 1.54) is 16.8 Å². The second-order valence-corrected chi connectivity index (χ2v) is 5.67. The Bertz CT molecular complexity index is 630. The highest BCUT2D eigenvalue weighted by molar-refractivity contribution is 5.99. The minimum atomic E-state index is 0.203. The summed E-state index contributed by atoms with van der Waals surface area (Å²) in [6, 6.07) is 16.5. The van der Waals surface area contributed by atoms with E-state index in [4.69, 9.17) is 0 Å². The number of hydrogen-bond acceptors (Lipinski definition) is 2. The lowest BCUT2D eigenvalue weighted by Gasteiger charge is -2.18. The molecular formula is C19H21NO. The van der Waals surface area contributed by atoms with Crippen molar-refractivity contribution in [2.24, 2.45) is 0 Å². The maximum atomic E-state index is 12.4. The SMILES string of the molecule is CCCc1ccc(C(=O)CN2CCc3ccccc32)cc1. The number of para-hydroxylation sites is 1. The summed E-state index contributed by atoms with van der Waals surface area (Å²) in [4.78, 5) is 14.6. The predicted molar refractivity (Wildman–Crippen MR) is 87.1 cm³/mol. The van der Waals surface area contributed by atoms with Gasteiger partial charge in [0.2, 0.25) is 0 Å². The van der Waals surface area contributed by atoms with Crippen molar-refractivity contribution < 1.29 is 4.79 Å². The molecule has 0 saturated carbocycles. The van der Waals surface area contributed by atoms with Gasteiger partial charge in [-0.3, -0.25) is 4.79 Å². The van der Waals surface area contributed by atoms with E-state index in [1.807, 2.05) is 18.2 Å². The number of nitrogens with zero attached hydrogens (tertiary/aromatic N) is 1. The van der Waals surface area contributed by atoms with Crippen molar-refractivity contribution in [3.8, 4) is 0 Å². The average molecular weight is 279 g/mol. The summed E-state index contributed by atoms with van der Waals surface area (Å²) in [5, 5.41) is 0. The molecule has 0 unspecified atom stereocenters. The topological polar surface area (TPSA) is 20.3 Å². The Hall–Kier alpha value is -2.09. The molecule has 0 fully saturated rings. The van der Waals surface area contributed by atoms with Crippen LogP contribution in [0.2, 0.25) is 0 Å². The molecule has 1 aliphatic heterocycles. The Morgan fingerprint density at radius 3 is 2.62 bits per heavy atom. The van der Waals surface area contributed by atoms with Gasteiger partial charge < -0.3 is 4.90 Å². The molecule has 0 amide bonds.